The predicted octanol–water partition coefficient (Wildman–Crippen LogP) is 2.14. The van der Waals surface area contributed by atoms with E-state index in [1.54, 1.807) is 7.11 Å². The zero-order chi connectivity index (χ0) is 10.4. The van der Waals surface area contributed by atoms with Crippen molar-refractivity contribution in [3.63, 3.8) is 0 Å². The molecule has 0 bridgehead atoms. The Hall–Kier alpha value is -0.570. The molecule has 1 saturated carbocycles. The van der Waals surface area contributed by atoms with E-state index in [2.05, 4.69) is 0 Å². The van der Waals surface area contributed by atoms with Crippen LogP contribution in [0.3, 0.4) is 0 Å². The Bertz CT molecular complexity index is 171. The topological polar surface area (TPSA) is 35.5 Å². The van der Waals surface area contributed by atoms with Crippen LogP contribution in [0.1, 0.15) is 39.0 Å². The van der Waals surface area contributed by atoms with E-state index < -0.39 is 0 Å². The number of ether oxygens (including phenoxy) is 2. The smallest absolute Gasteiger partial charge is 0.306 e. The average molecular weight is 200 g/mol. The van der Waals surface area contributed by atoms with Crippen LogP contribution in [-0.4, -0.2) is 25.8 Å². The molecule has 3 nitrogen and oxygen atoms in total. The zero-order valence-corrected chi connectivity index (χ0v) is 9.12. The highest BCUT2D eigenvalue weighted by Gasteiger charge is 2.22. The lowest BCUT2D eigenvalue weighted by Crippen LogP contribution is -2.22. The summed E-state index contributed by atoms with van der Waals surface area (Å²) in [6, 6.07) is 0. The lowest BCUT2D eigenvalue weighted by atomic mass is 9.85. The van der Waals surface area contributed by atoms with E-state index >= 15 is 0 Å². The highest BCUT2D eigenvalue weighted by molar-refractivity contribution is 5.69. The molecule has 0 spiro atoms. The summed E-state index contributed by atoms with van der Waals surface area (Å²) >= 11 is 0. The fourth-order valence-corrected chi connectivity index (χ4v) is 2.03. The van der Waals surface area contributed by atoms with E-state index in [0.29, 0.717) is 25.0 Å². The number of hydrogen-bond donors (Lipinski definition) is 0. The third-order valence-corrected chi connectivity index (χ3v) is 2.89. The molecule has 82 valence electrons. The van der Waals surface area contributed by atoms with Crippen molar-refractivity contribution in [2.45, 2.75) is 45.1 Å². The Balaban J connectivity index is 2.18. The van der Waals surface area contributed by atoms with E-state index in [9.17, 15) is 4.79 Å². The summed E-state index contributed by atoms with van der Waals surface area (Å²) in [7, 11) is 1.76. The van der Waals surface area contributed by atoms with Crippen LogP contribution in [0.15, 0.2) is 0 Å². The molecule has 14 heavy (non-hydrogen) atoms. The van der Waals surface area contributed by atoms with Gasteiger partial charge in [-0.1, -0.05) is 0 Å². The van der Waals surface area contributed by atoms with Crippen molar-refractivity contribution in [3.05, 3.63) is 0 Å². The number of methoxy groups -OCH3 is 1. The van der Waals surface area contributed by atoms with Gasteiger partial charge in [-0.2, -0.15) is 0 Å². The first-order valence-corrected chi connectivity index (χ1v) is 5.44. The molecule has 1 rings (SSSR count). The molecule has 0 heterocycles. The number of hydrogen-bond acceptors (Lipinski definition) is 3. The number of esters is 1. The average Bonchev–Trinajstić information content (AvgIpc) is 2.19. The molecule has 0 aromatic carbocycles. The second-order valence-corrected chi connectivity index (χ2v) is 3.89. The van der Waals surface area contributed by atoms with E-state index in [1.807, 2.05) is 6.92 Å². The van der Waals surface area contributed by atoms with Crippen molar-refractivity contribution in [2.75, 3.05) is 13.7 Å². The fourth-order valence-electron chi connectivity index (χ4n) is 2.03. The van der Waals surface area contributed by atoms with Crippen LogP contribution in [-0.2, 0) is 14.3 Å². The van der Waals surface area contributed by atoms with Gasteiger partial charge in [0, 0.05) is 13.5 Å². The van der Waals surface area contributed by atoms with Crippen LogP contribution >= 0.6 is 0 Å². The van der Waals surface area contributed by atoms with Crippen molar-refractivity contribution in [1.82, 2.24) is 0 Å². The van der Waals surface area contributed by atoms with Crippen molar-refractivity contribution < 1.29 is 14.3 Å². The first-order valence-electron chi connectivity index (χ1n) is 5.44. The first-order chi connectivity index (χ1) is 6.76. The maximum Gasteiger partial charge on any atom is 0.306 e. The molecule has 0 unspecified atom stereocenters. The molecule has 0 N–H and O–H groups in total. The highest BCUT2D eigenvalue weighted by Crippen LogP contribution is 2.28. The highest BCUT2D eigenvalue weighted by atomic mass is 16.5. The lowest BCUT2D eigenvalue weighted by Gasteiger charge is -2.26. The van der Waals surface area contributed by atoms with Crippen LogP contribution in [0.25, 0.3) is 0 Å². The van der Waals surface area contributed by atoms with Crippen LogP contribution < -0.4 is 0 Å². The largest absolute Gasteiger partial charge is 0.466 e. The summed E-state index contributed by atoms with van der Waals surface area (Å²) in [5.41, 5.74) is 0. The normalized spacial score (nSPS) is 27.3. The third-order valence-electron chi connectivity index (χ3n) is 2.89. The van der Waals surface area contributed by atoms with Crippen LogP contribution in [0.2, 0.25) is 0 Å². The zero-order valence-electron chi connectivity index (χ0n) is 9.12. The maximum atomic E-state index is 11.2. The van der Waals surface area contributed by atoms with Crippen molar-refractivity contribution in [1.29, 1.82) is 0 Å². The molecular formula is C11H20O3. The van der Waals surface area contributed by atoms with Crippen LogP contribution in [0, 0.1) is 5.92 Å². The quantitative estimate of drug-likeness (QED) is 0.652. The van der Waals surface area contributed by atoms with Gasteiger partial charge in [-0.05, 0) is 38.5 Å². The van der Waals surface area contributed by atoms with Crippen LogP contribution in [0.5, 0.6) is 0 Å². The molecule has 0 amide bonds. The Morgan fingerprint density at radius 3 is 2.43 bits per heavy atom. The molecule has 0 aliphatic heterocycles. The maximum absolute atomic E-state index is 11.2. The van der Waals surface area contributed by atoms with Gasteiger partial charge < -0.3 is 9.47 Å². The van der Waals surface area contributed by atoms with Gasteiger partial charge in [-0.3, -0.25) is 4.79 Å². The minimum absolute atomic E-state index is 0.0478. The minimum Gasteiger partial charge on any atom is -0.466 e. The second-order valence-electron chi connectivity index (χ2n) is 3.89. The third kappa shape index (κ3) is 3.66. The standard InChI is InChI=1S/C11H20O3/c1-3-14-11(12)8-9-4-6-10(13-2)7-5-9/h9-10H,3-8H2,1-2H3. The van der Waals surface area contributed by atoms with Crippen molar-refractivity contribution >= 4 is 5.97 Å². The summed E-state index contributed by atoms with van der Waals surface area (Å²) in [5.74, 6) is 0.466. The molecule has 0 atom stereocenters. The Morgan fingerprint density at radius 1 is 1.29 bits per heavy atom. The van der Waals surface area contributed by atoms with Gasteiger partial charge in [0.2, 0.25) is 0 Å². The van der Waals surface area contributed by atoms with Gasteiger partial charge in [-0.25, -0.2) is 0 Å². The molecule has 0 aromatic heterocycles. The molecule has 0 radical (unpaired) electrons. The summed E-state index contributed by atoms with van der Waals surface area (Å²) in [6.07, 6.45) is 5.36. The van der Waals surface area contributed by atoms with Crippen molar-refractivity contribution in [2.24, 2.45) is 5.92 Å². The minimum atomic E-state index is -0.0478. The van der Waals surface area contributed by atoms with E-state index in [4.69, 9.17) is 9.47 Å². The predicted molar refractivity (Wildman–Crippen MR) is 54.0 cm³/mol. The SMILES string of the molecule is CCOC(=O)CC1CCC(OC)CC1. The van der Waals surface area contributed by atoms with Gasteiger partial charge >= 0.3 is 5.97 Å². The molecule has 0 aromatic rings. The first kappa shape index (κ1) is 11.5. The van der Waals surface area contributed by atoms with Gasteiger partial charge in [0.25, 0.3) is 0 Å². The number of rotatable bonds is 4. The molecule has 0 saturated heterocycles. The monoisotopic (exact) mass is 200 g/mol. The summed E-state index contributed by atoms with van der Waals surface area (Å²) in [4.78, 5) is 11.2. The van der Waals surface area contributed by atoms with Gasteiger partial charge in [0.15, 0.2) is 0 Å². The summed E-state index contributed by atoms with van der Waals surface area (Å²) in [6.45, 7) is 2.34. The molecule has 1 fully saturated rings. The second kappa shape index (κ2) is 6.02. The lowest BCUT2D eigenvalue weighted by molar-refractivity contribution is -0.144. The Kier molecular flexibility index (Phi) is 4.94. The van der Waals surface area contributed by atoms with Gasteiger partial charge in [0.05, 0.1) is 12.7 Å². The Labute approximate surface area is 85.8 Å². The van der Waals surface area contributed by atoms with E-state index in [1.165, 1.54) is 0 Å². The molecule has 1 aliphatic rings. The molecule has 3 heteroatoms. The van der Waals surface area contributed by atoms with Crippen LogP contribution in [0.4, 0.5) is 0 Å². The van der Waals surface area contributed by atoms with E-state index in [-0.39, 0.29) is 5.97 Å². The van der Waals surface area contributed by atoms with E-state index in [0.717, 1.165) is 25.7 Å². The molecule has 1 aliphatic carbocycles. The van der Waals surface area contributed by atoms with Gasteiger partial charge in [-0.15, -0.1) is 0 Å². The molecular weight excluding hydrogens is 180 g/mol. The summed E-state index contributed by atoms with van der Waals surface area (Å²) in [5, 5.41) is 0. The summed E-state index contributed by atoms with van der Waals surface area (Å²) < 4.78 is 10.2. The Morgan fingerprint density at radius 2 is 1.93 bits per heavy atom. The fraction of sp³-hybridized carbons (Fsp3) is 0.909. The van der Waals surface area contributed by atoms with Crippen molar-refractivity contribution in [3.8, 4) is 0 Å². The number of carbonyl (C=O) groups excluding carboxylic acids is 1. The number of carbonyl (C=O) groups is 1. The van der Waals surface area contributed by atoms with Gasteiger partial charge in [0.1, 0.15) is 0 Å².